The third kappa shape index (κ3) is 3.19. The number of aromatic amines is 1. The van der Waals surface area contributed by atoms with Crippen molar-refractivity contribution in [3.63, 3.8) is 0 Å². The third-order valence-electron chi connectivity index (χ3n) is 3.83. The molecule has 3 aromatic rings. The normalized spacial score (nSPS) is 11.6. The van der Waals surface area contributed by atoms with Gasteiger partial charge in [-0.25, -0.2) is 9.07 Å². The molecule has 0 atom stereocenters. The predicted molar refractivity (Wildman–Crippen MR) is 94.2 cm³/mol. The van der Waals surface area contributed by atoms with Gasteiger partial charge in [-0.1, -0.05) is 6.58 Å². The average Bonchev–Trinajstić information content (AvgIpc) is 2.91. The first-order valence-corrected chi connectivity index (χ1v) is 7.53. The van der Waals surface area contributed by atoms with E-state index in [1.807, 2.05) is 0 Å². The van der Waals surface area contributed by atoms with E-state index in [0.717, 1.165) is 5.56 Å². The van der Waals surface area contributed by atoms with Gasteiger partial charge in [0.2, 0.25) is 0 Å². The van der Waals surface area contributed by atoms with Crippen LogP contribution in [0.15, 0.2) is 47.3 Å². The molecule has 0 aliphatic carbocycles. The molecule has 0 aliphatic rings. The molecular weight excluding hydrogens is 323 g/mol. The molecule has 0 fully saturated rings. The fourth-order valence-electron chi connectivity index (χ4n) is 2.51. The monoisotopic (exact) mass is 340 g/mol. The summed E-state index contributed by atoms with van der Waals surface area (Å²) in [4.78, 5) is 12.7. The zero-order valence-corrected chi connectivity index (χ0v) is 13.9. The first-order valence-electron chi connectivity index (χ1n) is 7.53. The minimum atomic E-state index is -0.368. The van der Waals surface area contributed by atoms with Crippen LogP contribution in [0, 0.1) is 5.82 Å². The Balaban J connectivity index is 2.16. The zero-order valence-electron chi connectivity index (χ0n) is 13.9. The molecule has 0 amide bonds. The highest BCUT2D eigenvalue weighted by atomic mass is 19.1. The van der Waals surface area contributed by atoms with Crippen molar-refractivity contribution in [1.29, 1.82) is 0 Å². The van der Waals surface area contributed by atoms with Crippen molar-refractivity contribution in [3.05, 3.63) is 74.8 Å². The summed E-state index contributed by atoms with van der Waals surface area (Å²) in [5, 5.41) is 3.75. The van der Waals surface area contributed by atoms with E-state index in [4.69, 9.17) is 9.47 Å². The van der Waals surface area contributed by atoms with Crippen LogP contribution in [0.3, 0.4) is 0 Å². The van der Waals surface area contributed by atoms with Crippen molar-refractivity contribution >= 4 is 12.7 Å². The number of aromatic nitrogens is 2. The van der Waals surface area contributed by atoms with Gasteiger partial charge in [0.1, 0.15) is 17.3 Å². The van der Waals surface area contributed by atoms with Gasteiger partial charge in [-0.3, -0.25) is 9.89 Å². The van der Waals surface area contributed by atoms with Crippen molar-refractivity contribution < 1.29 is 13.9 Å². The lowest BCUT2D eigenvalue weighted by atomic mass is 10.1. The highest BCUT2D eigenvalue weighted by Crippen LogP contribution is 2.24. The maximum absolute atomic E-state index is 13.1. The summed E-state index contributed by atoms with van der Waals surface area (Å²) >= 11 is 0. The maximum Gasteiger partial charge on any atom is 0.279 e. The zero-order chi connectivity index (χ0) is 18.0. The van der Waals surface area contributed by atoms with Gasteiger partial charge in [-0.15, -0.1) is 0 Å². The number of methoxy groups -OCH3 is 2. The molecule has 0 saturated heterocycles. The summed E-state index contributed by atoms with van der Waals surface area (Å²) in [6.07, 6.45) is 1.69. The number of halogens is 1. The van der Waals surface area contributed by atoms with Crippen molar-refractivity contribution in [2.24, 2.45) is 0 Å². The fraction of sp³-hybridized carbons (Fsp3) is 0.105. The van der Waals surface area contributed by atoms with E-state index in [1.165, 1.54) is 28.9 Å². The summed E-state index contributed by atoms with van der Waals surface area (Å²) < 4.78 is 24.9. The Morgan fingerprint density at radius 2 is 1.84 bits per heavy atom. The average molecular weight is 340 g/mol. The molecule has 0 aliphatic heterocycles. The molecule has 5 nitrogen and oxygen atoms in total. The predicted octanol–water partition coefficient (Wildman–Crippen LogP) is 1.56. The molecule has 1 aromatic heterocycles. The first kappa shape index (κ1) is 16.6. The van der Waals surface area contributed by atoms with E-state index in [-0.39, 0.29) is 11.4 Å². The summed E-state index contributed by atoms with van der Waals surface area (Å²) in [5.74, 6) is 0.863. The molecule has 0 radical (unpaired) electrons. The summed E-state index contributed by atoms with van der Waals surface area (Å²) in [7, 11) is 3.12. The Morgan fingerprint density at radius 1 is 1.12 bits per heavy atom. The number of nitrogens with zero attached hydrogens (tertiary/aromatic N) is 1. The SMILES string of the molecule is C=c1[nH]n(-c2ccc(F)cc2)c(=O)/c1=C\c1ccc(OC)cc1OC. The van der Waals surface area contributed by atoms with Crippen LogP contribution in [0.4, 0.5) is 4.39 Å². The first-order chi connectivity index (χ1) is 12.0. The lowest BCUT2D eigenvalue weighted by Gasteiger charge is -2.06. The molecule has 0 spiro atoms. The minimum Gasteiger partial charge on any atom is -0.497 e. The van der Waals surface area contributed by atoms with Crippen LogP contribution >= 0.6 is 0 Å². The largest absolute Gasteiger partial charge is 0.497 e. The van der Waals surface area contributed by atoms with Gasteiger partial charge in [0.25, 0.3) is 5.56 Å². The lowest BCUT2D eigenvalue weighted by molar-refractivity contribution is 0.393. The second-order valence-electron chi connectivity index (χ2n) is 5.37. The molecule has 3 rings (SSSR count). The number of hydrogen-bond acceptors (Lipinski definition) is 3. The fourth-order valence-corrected chi connectivity index (χ4v) is 2.51. The van der Waals surface area contributed by atoms with Crippen molar-refractivity contribution in [3.8, 4) is 17.2 Å². The van der Waals surface area contributed by atoms with Gasteiger partial charge in [0, 0.05) is 11.6 Å². The van der Waals surface area contributed by atoms with Gasteiger partial charge >= 0.3 is 0 Å². The summed E-state index contributed by atoms with van der Waals surface area (Å²) in [5.41, 5.74) is 0.961. The quantitative estimate of drug-likeness (QED) is 0.784. The van der Waals surface area contributed by atoms with Crippen LogP contribution in [0.5, 0.6) is 11.5 Å². The second-order valence-corrected chi connectivity index (χ2v) is 5.37. The minimum absolute atomic E-state index is 0.283. The second kappa shape index (κ2) is 6.68. The highest BCUT2D eigenvalue weighted by molar-refractivity contribution is 5.59. The number of benzene rings is 2. The van der Waals surface area contributed by atoms with Crippen molar-refractivity contribution in [2.45, 2.75) is 0 Å². The van der Waals surface area contributed by atoms with Gasteiger partial charge < -0.3 is 9.47 Å². The Labute approximate surface area is 143 Å². The van der Waals surface area contributed by atoms with E-state index >= 15 is 0 Å². The molecule has 6 heteroatoms. The highest BCUT2D eigenvalue weighted by Gasteiger charge is 2.07. The van der Waals surface area contributed by atoms with Gasteiger partial charge in [0.05, 0.1) is 30.5 Å². The van der Waals surface area contributed by atoms with Crippen LogP contribution in [-0.2, 0) is 0 Å². The molecule has 0 saturated carbocycles. The number of nitrogens with one attached hydrogen (secondary N) is 1. The number of rotatable bonds is 4. The lowest BCUT2D eigenvalue weighted by Crippen LogP contribution is -2.34. The molecule has 0 unspecified atom stereocenters. The van der Waals surface area contributed by atoms with Crippen LogP contribution in [0.1, 0.15) is 5.56 Å². The number of H-pyrrole nitrogens is 1. The molecule has 2 aromatic carbocycles. The van der Waals surface area contributed by atoms with Gasteiger partial charge in [-0.2, -0.15) is 0 Å². The van der Waals surface area contributed by atoms with Crippen LogP contribution in [0.2, 0.25) is 0 Å². The molecule has 128 valence electrons. The molecule has 1 N–H and O–H groups in total. The topological polar surface area (TPSA) is 56.2 Å². The molecule has 0 bridgehead atoms. The van der Waals surface area contributed by atoms with Crippen molar-refractivity contribution in [1.82, 2.24) is 9.78 Å². The summed E-state index contributed by atoms with van der Waals surface area (Å²) in [6.45, 7) is 3.88. The van der Waals surface area contributed by atoms with Crippen LogP contribution in [-0.4, -0.2) is 24.0 Å². The smallest absolute Gasteiger partial charge is 0.279 e. The van der Waals surface area contributed by atoms with E-state index in [0.29, 0.717) is 27.8 Å². The van der Waals surface area contributed by atoms with Gasteiger partial charge in [-0.05, 0) is 42.5 Å². The van der Waals surface area contributed by atoms with Crippen LogP contribution in [0.25, 0.3) is 18.3 Å². The Kier molecular flexibility index (Phi) is 4.43. The number of ether oxygens (including phenoxy) is 2. The molecular formula is C19H17FN2O3. The number of hydrogen-bond donors (Lipinski definition) is 1. The third-order valence-corrected chi connectivity index (χ3v) is 3.83. The van der Waals surface area contributed by atoms with Crippen LogP contribution < -0.4 is 25.6 Å². The standard InChI is InChI=1S/C19H17FN2O3/c1-12-17(10-13-4-9-16(24-2)11-18(13)25-3)19(23)22(21-12)15-7-5-14(20)6-8-15/h4-11,21H,1H2,2-3H3/b17-10-. The Morgan fingerprint density at radius 3 is 2.48 bits per heavy atom. The van der Waals surface area contributed by atoms with Gasteiger partial charge in [0.15, 0.2) is 0 Å². The maximum atomic E-state index is 13.1. The molecule has 25 heavy (non-hydrogen) atoms. The molecule has 1 heterocycles. The Bertz CT molecular complexity index is 1070. The Hall–Kier alpha value is -3.28. The van der Waals surface area contributed by atoms with E-state index < -0.39 is 0 Å². The summed E-state index contributed by atoms with van der Waals surface area (Å²) in [6, 6.07) is 10.9. The van der Waals surface area contributed by atoms with E-state index in [2.05, 4.69) is 11.7 Å². The van der Waals surface area contributed by atoms with Crippen molar-refractivity contribution in [2.75, 3.05) is 14.2 Å². The van der Waals surface area contributed by atoms with E-state index in [1.54, 1.807) is 38.5 Å². The van der Waals surface area contributed by atoms with E-state index in [9.17, 15) is 9.18 Å².